The van der Waals surface area contributed by atoms with Crippen molar-refractivity contribution in [3.05, 3.63) is 65.7 Å². The standard InChI is InChI=1S/C25H27N3O3S/c1-17-23(21-9-5-6-10-22(21)27-24(17)18-7-3-2-4-8-18)25(29)26-19-13-15-28(16-14-19)32(30,31)20-11-12-20/h2-10,19-20H,11-16H2,1H3,(H,26,29). The molecule has 5 rings (SSSR count). The minimum atomic E-state index is -3.15. The van der Waals surface area contributed by atoms with Crippen molar-refractivity contribution in [2.75, 3.05) is 13.1 Å². The first-order valence-electron chi connectivity index (χ1n) is 11.2. The number of hydrogen-bond donors (Lipinski definition) is 1. The third kappa shape index (κ3) is 3.91. The average Bonchev–Trinajstić information content (AvgIpc) is 3.66. The lowest BCUT2D eigenvalue weighted by Gasteiger charge is -2.32. The zero-order chi connectivity index (χ0) is 22.3. The number of piperidine rings is 1. The van der Waals surface area contributed by atoms with Gasteiger partial charge in [0.15, 0.2) is 0 Å². The van der Waals surface area contributed by atoms with Crippen molar-refractivity contribution >= 4 is 26.8 Å². The maximum atomic E-state index is 13.5. The van der Waals surface area contributed by atoms with Gasteiger partial charge in [0.05, 0.1) is 22.0 Å². The first kappa shape index (κ1) is 21.1. The molecule has 7 heteroatoms. The molecule has 2 fully saturated rings. The van der Waals surface area contributed by atoms with Crippen LogP contribution < -0.4 is 5.32 Å². The van der Waals surface area contributed by atoms with Gasteiger partial charge >= 0.3 is 0 Å². The second-order valence-corrected chi connectivity index (χ2v) is 10.9. The van der Waals surface area contributed by atoms with Crippen molar-refractivity contribution < 1.29 is 13.2 Å². The molecule has 1 saturated heterocycles. The van der Waals surface area contributed by atoms with Gasteiger partial charge in [-0.25, -0.2) is 17.7 Å². The van der Waals surface area contributed by atoms with Crippen molar-refractivity contribution in [2.45, 2.75) is 43.9 Å². The summed E-state index contributed by atoms with van der Waals surface area (Å²) in [4.78, 5) is 18.3. The highest BCUT2D eigenvalue weighted by Crippen LogP contribution is 2.33. The Morgan fingerprint density at radius 2 is 1.62 bits per heavy atom. The molecule has 3 aromatic rings. The molecule has 0 radical (unpaired) electrons. The van der Waals surface area contributed by atoms with Gasteiger partial charge in [0.1, 0.15) is 0 Å². The lowest BCUT2D eigenvalue weighted by Crippen LogP contribution is -2.47. The number of sulfonamides is 1. The van der Waals surface area contributed by atoms with Gasteiger partial charge in [-0.2, -0.15) is 0 Å². The fourth-order valence-corrected chi connectivity index (χ4v) is 6.44. The van der Waals surface area contributed by atoms with Gasteiger partial charge in [-0.1, -0.05) is 48.5 Å². The number of aromatic nitrogens is 1. The molecular formula is C25H27N3O3S. The van der Waals surface area contributed by atoms with Crippen LogP contribution >= 0.6 is 0 Å². The summed E-state index contributed by atoms with van der Waals surface area (Å²) in [7, 11) is -3.15. The minimum Gasteiger partial charge on any atom is -0.349 e. The summed E-state index contributed by atoms with van der Waals surface area (Å²) in [5, 5.41) is 3.82. The highest BCUT2D eigenvalue weighted by Gasteiger charge is 2.41. The molecule has 1 aromatic heterocycles. The maximum Gasteiger partial charge on any atom is 0.252 e. The zero-order valence-electron chi connectivity index (χ0n) is 18.1. The molecule has 1 N–H and O–H groups in total. The number of rotatable bonds is 5. The van der Waals surface area contributed by atoms with Crippen LogP contribution in [0.4, 0.5) is 0 Å². The number of carbonyl (C=O) groups is 1. The Kier molecular flexibility index (Phi) is 5.47. The van der Waals surface area contributed by atoms with Gasteiger partial charge in [0, 0.05) is 30.1 Å². The van der Waals surface area contributed by atoms with Crippen molar-refractivity contribution in [3.63, 3.8) is 0 Å². The highest BCUT2D eigenvalue weighted by molar-refractivity contribution is 7.90. The van der Waals surface area contributed by atoms with E-state index in [0.717, 1.165) is 40.6 Å². The van der Waals surface area contributed by atoms with E-state index < -0.39 is 10.0 Å². The molecule has 0 spiro atoms. The molecule has 0 atom stereocenters. The molecule has 1 amide bonds. The van der Waals surface area contributed by atoms with Gasteiger partial charge in [-0.15, -0.1) is 0 Å². The predicted octanol–water partition coefficient (Wildman–Crippen LogP) is 3.90. The molecular weight excluding hydrogens is 422 g/mol. The summed E-state index contributed by atoms with van der Waals surface area (Å²) < 4.78 is 26.6. The van der Waals surface area contributed by atoms with Crippen LogP contribution in [-0.4, -0.2) is 48.0 Å². The summed E-state index contributed by atoms with van der Waals surface area (Å²) in [5.41, 5.74) is 4.05. The van der Waals surface area contributed by atoms with E-state index in [2.05, 4.69) is 5.32 Å². The van der Waals surface area contributed by atoms with Crippen LogP contribution in [0.2, 0.25) is 0 Å². The molecule has 2 heterocycles. The Balaban J connectivity index is 1.41. The normalized spacial score (nSPS) is 18.0. The van der Waals surface area contributed by atoms with Gasteiger partial charge < -0.3 is 5.32 Å². The highest BCUT2D eigenvalue weighted by atomic mass is 32.2. The molecule has 0 unspecified atom stereocenters. The molecule has 1 aliphatic heterocycles. The quantitative estimate of drug-likeness (QED) is 0.641. The summed E-state index contributed by atoms with van der Waals surface area (Å²) in [6.45, 7) is 2.88. The van der Waals surface area contributed by atoms with Crippen LogP contribution in [-0.2, 0) is 10.0 Å². The van der Waals surface area contributed by atoms with Crippen LogP contribution in [0.25, 0.3) is 22.2 Å². The largest absolute Gasteiger partial charge is 0.349 e. The van der Waals surface area contributed by atoms with Gasteiger partial charge in [0.2, 0.25) is 10.0 Å². The Morgan fingerprint density at radius 1 is 0.969 bits per heavy atom. The van der Waals surface area contributed by atoms with Gasteiger partial charge in [0.25, 0.3) is 5.91 Å². The Hall–Kier alpha value is -2.77. The lowest BCUT2D eigenvalue weighted by molar-refractivity contribution is 0.0925. The number of para-hydroxylation sites is 1. The molecule has 1 saturated carbocycles. The fourth-order valence-electron chi connectivity index (χ4n) is 4.57. The Labute approximate surface area is 188 Å². The average molecular weight is 450 g/mol. The number of benzene rings is 2. The lowest BCUT2D eigenvalue weighted by atomic mass is 9.96. The van der Waals surface area contributed by atoms with Gasteiger partial charge in [-0.3, -0.25) is 4.79 Å². The number of hydrogen-bond acceptors (Lipinski definition) is 4. The van der Waals surface area contributed by atoms with Gasteiger partial charge in [-0.05, 0) is 44.2 Å². The number of nitrogens with zero attached hydrogens (tertiary/aromatic N) is 2. The molecule has 2 aliphatic rings. The first-order valence-corrected chi connectivity index (χ1v) is 12.7. The van der Waals surface area contributed by atoms with Crippen molar-refractivity contribution in [1.29, 1.82) is 0 Å². The van der Waals surface area contributed by atoms with E-state index in [1.54, 1.807) is 4.31 Å². The summed E-state index contributed by atoms with van der Waals surface area (Å²) in [6, 6.07) is 17.6. The Morgan fingerprint density at radius 3 is 2.31 bits per heavy atom. The predicted molar refractivity (Wildman–Crippen MR) is 126 cm³/mol. The van der Waals surface area contributed by atoms with E-state index >= 15 is 0 Å². The number of pyridine rings is 1. The zero-order valence-corrected chi connectivity index (χ0v) is 18.9. The number of fused-ring (bicyclic) bond motifs is 1. The maximum absolute atomic E-state index is 13.5. The smallest absolute Gasteiger partial charge is 0.252 e. The number of nitrogens with one attached hydrogen (secondary N) is 1. The molecule has 0 bridgehead atoms. The topological polar surface area (TPSA) is 79.4 Å². The number of amides is 1. The second kappa shape index (κ2) is 8.30. The molecule has 32 heavy (non-hydrogen) atoms. The van der Waals surface area contributed by atoms with E-state index in [9.17, 15) is 13.2 Å². The van der Waals surface area contributed by atoms with Crippen molar-refractivity contribution in [2.24, 2.45) is 0 Å². The molecule has 1 aliphatic carbocycles. The fraction of sp³-hybridized carbons (Fsp3) is 0.360. The summed E-state index contributed by atoms with van der Waals surface area (Å²) >= 11 is 0. The second-order valence-electron chi connectivity index (χ2n) is 8.73. The molecule has 2 aromatic carbocycles. The molecule has 6 nitrogen and oxygen atoms in total. The van der Waals surface area contributed by atoms with E-state index in [4.69, 9.17) is 4.98 Å². The molecule has 166 valence electrons. The Bertz CT molecular complexity index is 1260. The van der Waals surface area contributed by atoms with Crippen molar-refractivity contribution in [3.8, 4) is 11.3 Å². The van der Waals surface area contributed by atoms with E-state index in [1.807, 2.05) is 61.5 Å². The number of carbonyl (C=O) groups excluding carboxylic acids is 1. The summed E-state index contributed by atoms with van der Waals surface area (Å²) in [6.07, 6.45) is 2.81. The van der Waals surface area contributed by atoms with E-state index in [-0.39, 0.29) is 17.2 Å². The first-order chi connectivity index (χ1) is 15.4. The van der Waals surface area contributed by atoms with Crippen LogP contribution in [0, 0.1) is 6.92 Å². The minimum absolute atomic E-state index is 0.0420. The van der Waals surface area contributed by atoms with Crippen LogP contribution in [0.1, 0.15) is 41.6 Å². The summed E-state index contributed by atoms with van der Waals surface area (Å²) in [5.74, 6) is -0.123. The van der Waals surface area contributed by atoms with E-state index in [0.29, 0.717) is 31.5 Å². The van der Waals surface area contributed by atoms with Crippen LogP contribution in [0.15, 0.2) is 54.6 Å². The third-order valence-corrected chi connectivity index (χ3v) is 8.90. The van der Waals surface area contributed by atoms with E-state index in [1.165, 1.54) is 0 Å². The third-order valence-electron chi connectivity index (χ3n) is 6.50. The van der Waals surface area contributed by atoms with Crippen molar-refractivity contribution in [1.82, 2.24) is 14.6 Å². The monoisotopic (exact) mass is 449 g/mol. The SMILES string of the molecule is Cc1c(-c2ccccc2)nc2ccccc2c1C(=O)NC1CCN(S(=O)(=O)C2CC2)CC1. The van der Waals surface area contributed by atoms with Crippen LogP contribution in [0.3, 0.4) is 0 Å². The van der Waals surface area contributed by atoms with Crippen LogP contribution in [0.5, 0.6) is 0 Å².